The van der Waals surface area contributed by atoms with Crippen molar-refractivity contribution in [3.8, 4) is 5.75 Å². The van der Waals surface area contributed by atoms with Crippen LogP contribution in [0.4, 0.5) is 39.1 Å². The fourth-order valence-electron chi connectivity index (χ4n) is 5.81. The van der Waals surface area contributed by atoms with Crippen molar-refractivity contribution in [2.75, 3.05) is 15.5 Å². The van der Waals surface area contributed by atoms with Crippen molar-refractivity contribution in [3.63, 3.8) is 0 Å². The number of hydrogen-bond acceptors (Lipinski definition) is 9. The molecule has 3 amide bonds. The number of hydrogen-bond donors (Lipinski definition) is 3. The summed E-state index contributed by atoms with van der Waals surface area (Å²) in [6, 6.07) is 15.6. The Kier molecular flexibility index (Phi) is 8.16. The topological polar surface area (TPSA) is 147 Å². The average molecular weight is 683 g/mol. The number of halogens is 4. The number of aromatic amines is 1. The number of carbonyl (C=O) groups excluding carboxylic acids is 2. The lowest BCUT2D eigenvalue weighted by Crippen LogP contribution is -2.41. The van der Waals surface area contributed by atoms with Crippen LogP contribution in [0, 0.1) is 0 Å². The molecule has 5 aromatic rings. The molecule has 2 aromatic heterocycles. The van der Waals surface area contributed by atoms with Crippen LogP contribution in [0.2, 0.25) is 0 Å². The van der Waals surface area contributed by atoms with E-state index in [-0.39, 0.29) is 27.8 Å². The highest BCUT2D eigenvalue weighted by Crippen LogP contribution is 2.48. The maximum atomic E-state index is 14.3. The number of nitrogens with zero attached hydrogens (tertiary/aromatic N) is 5. The minimum Gasteiger partial charge on any atom is -0.409 e. The normalized spacial score (nSPS) is 16.9. The van der Waals surface area contributed by atoms with Gasteiger partial charge in [0.25, 0.3) is 11.9 Å². The van der Waals surface area contributed by atoms with E-state index in [9.17, 15) is 27.2 Å². The number of anilines is 3. The molecule has 12 nitrogen and oxygen atoms in total. The van der Waals surface area contributed by atoms with E-state index in [4.69, 9.17) is 0 Å². The molecule has 1 saturated carbocycles. The summed E-state index contributed by atoms with van der Waals surface area (Å²) in [4.78, 5) is 32.1. The van der Waals surface area contributed by atoms with Crippen LogP contribution in [0.5, 0.6) is 5.75 Å². The highest BCUT2D eigenvalue weighted by atomic mass is 32.1. The van der Waals surface area contributed by atoms with E-state index >= 15 is 0 Å². The molecule has 2 aliphatic rings. The second-order valence-electron chi connectivity index (χ2n) is 11.3. The van der Waals surface area contributed by atoms with Gasteiger partial charge in [-0.3, -0.25) is 20.3 Å². The van der Waals surface area contributed by atoms with Gasteiger partial charge in [0, 0.05) is 17.3 Å². The zero-order valence-corrected chi connectivity index (χ0v) is 25.7. The van der Waals surface area contributed by atoms with Gasteiger partial charge in [-0.2, -0.15) is 14.0 Å². The van der Waals surface area contributed by atoms with Crippen LogP contribution < -0.4 is 20.3 Å². The summed E-state index contributed by atoms with van der Waals surface area (Å²) in [5, 5.41) is 18.3. The molecule has 248 valence electrons. The lowest BCUT2D eigenvalue weighted by atomic mass is 9.84. The van der Waals surface area contributed by atoms with Crippen LogP contribution in [-0.2, 0) is 17.4 Å². The first-order valence-electron chi connectivity index (χ1n) is 15.0. The molecular weight excluding hydrogens is 656 g/mol. The number of benzene rings is 3. The summed E-state index contributed by atoms with van der Waals surface area (Å²) in [5.41, 5.74) is 1.91. The van der Waals surface area contributed by atoms with E-state index in [1.165, 1.54) is 29.7 Å². The van der Waals surface area contributed by atoms with Gasteiger partial charge in [0.15, 0.2) is 5.13 Å². The number of aromatic nitrogens is 5. The second kappa shape index (κ2) is 12.5. The van der Waals surface area contributed by atoms with E-state index in [1.807, 2.05) is 24.3 Å². The van der Waals surface area contributed by atoms with Gasteiger partial charge in [0.2, 0.25) is 0 Å². The Morgan fingerprint density at radius 2 is 1.73 bits per heavy atom. The molecule has 0 unspecified atom stereocenters. The third kappa shape index (κ3) is 6.64. The molecule has 0 radical (unpaired) electrons. The van der Waals surface area contributed by atoms with Crippen LogP contribution in [0.1, 0.15) is 65.1 Å². The SMILES string of the molecule is O=C(Nc1nn[nH]n1)c1ccc(CN(C(=O)Nc2nc3cc4c(cc3s2)OC(F)(F)OC4(F)F)c2ccc(C3CCCCC3)cc2)cc1. The summed E-state index contributed by atoms with van der Waals surface area (Å²) in [5.74, 6) is -0.728. The van der Waals surface area contributed by atoms with Crippen molar-refractivity contribution in [3.05, 3.63) is 82.9 Å². The van der Waals surface area contributed by atoms with Crippen LogP contribution in [-0.4, -0.2) is 43.8 Å². The first kappa shape index (κ1) is 31.4. The molecule has 0 atom stereocenters. The number of nitrogens with one attached hydrogen (secondary N) is 3. The molecule has 3 heterocycles. The Morgan fingerprint density at radius 3 is 2.44 bits per heavy atom. The maximum absolute atomic E-state index is 14.3. The van der Waals surface area contributed by atoms with Crippen molar-refractivity contribution in [1.82, 2.24) is 25.6 Å². The number of fused-ring (bicyclic) bond motifs is 2. The van der Waals surface area contributed by atoms with E-state index in [0.717, 1.165) is 36.3 Å². The molecule has 0 bridgehead atoms. The Labute approximate surface area is 273 Å². The van der Waals surface area contributed by atoms with Gasteiger partial charge < -0.3 is 4.74 Å². The van der Waals surface area contributed by atoms with Crippen LogP contribution in [0.3, 0.4) is 0 Å². The summed E-state index contributed by atoms with van der Waals surface area (Å²) in [6.45, 7) is 0.0903. The minimum absolute atomic E-state index is 0.0196. The Balaban J connectivity index is 1.14. The molecule has 7 rings (SSSR count). The third-order valence-electron chi connectivity index (χ3n) is 8.15. The number of carbonyl (C=O) groups is 2. The highest BCUT2D eigenvalue weighted by Gasteiger charge is 2.54. The fraction of sp³-hybridized carbons (Fsp3) is 0.290. The summed E-state index contributed by atoms with van der Waals surface area (Å²) < 4.78 is 64.0. The fourth-order valence-corrected chi connectivity index (χ4v) is 6.67. The largest absolute Gasteiger partial charge is 0.540 e. The molecule has 1 aliphatic carbocycles. The number of alkyl halides is 4. The average Bonchev–Trinajstić information content (AvgIpc) is 3.72. The van der Waals surface area contributed by atoms with E-state index < -0.39 is 35.7 Å². The molecule has 0 saturated heterocycles. The van der Waals surface area contributed by atoms with Gasteiger partial charge in [0.1, 0.15) is 5.75 Å². The standard InChI is InChI=1S/C31H26F4N8O4S/c32-30(33)22-14-23-25(15-24(22)46-31(34,35)47-30)48-28(36-23)38-29(45)43(21-12-10-19(11-13-21)18-4-2-1-3-5-18)16-17-6-8-20(9-7-17)26(44)37-27-39-41-42-40-27/h6-15,18H,1-5,16H2,(H,36,38,45)(H2,37,39,40,41,42,44). The summed E-state index contributed by atoms with van der Waals surface area (Å²) >= 11 is 0.904. The number of thiazole rings is 1. The van der Waals surface area contributed by atoms with Crippen LogP contribution in [0.15, 0.2) is 60.7 Å². The van der Waals surface area contributed by atoms with Gasteiger partial charge in [-0.1, -0.05) is 60.0 Å². The molecule has 1 aliphatic heterocycles. The Bertz CT molecular complexity index is 1950. The molecule has 48 heavy (non-hydrogen) atoms. The first-order valence-corrected chi connectivity index (χ1v) is 15.8. The number of amides is 3. The highest BCUT2D eigenvalue weighted by molar-refractivity contribution is 7.22. The van der Waals surface area contributed by atoms with Crippen molar-refractivity contribution < 1.29 is 36.6 Å². The van der Waals surface area contributed by atoms with E-state index in [2.05, 4.69) is 45.7 Å². The minimum atomic E-state index is -4.52. The third-order valence-corrected chi connectivity index (χ3v) is 9.08. The number of rotatable bonds is 7. The van der Waals surface area contributed by atoms with Gasteiger partial charge in [-0.15, -0.1) is 13.9 Å². The quantitative estimate of drug-likeness (QED) is 0.151. The second-order valence-corrected chi connectivity index (χ2v) is 12.4. The maximum Gasteiger partial charge on any atom is 0.540 e. The zero-order chi connectivity index (χ0) is 33.5. The van der Waals surface area contributed by atoms with Crippen LogP contribution in [0.25, 0.3) is 10.2 Å². The van der Waals surface area contributed by atoms with Gasteiger partial charge >= 0.3 is 18.4 Å². The summed E-state index contributed by atoms with van der Waals surface area (Å²) in [7, 11) is 0. The molecule has 1 fully saturated rings. The van der Waals surface area contributed by atoms with Crippen LogP contribution >= 0.6 is 11.3 Å². The number of H-pyrrole nitrogens is 1. The molecule has 17 heteroatoms. The van der Waals surface area contributed by atoms with Gasteiger partial charge in [0.05, 0.1) is 22.3 Å². The number of tetrazole rings is 1. The Hall–Kier alpha value is -5.16. The predicted molar refractivity (Wildman–Crippen MR) is 166 cm³/mol. The van der Waals surface area contributed by atoms with Crippen molar-refractivity contribution in [2.45, 2.75) is 57.0 Å². The van der Waals surface area contributed by atoms with Crippen molar-refractivity contribution in [1.29, 1.82) is 0 Å². The molecule has 3 aromatic carbocycles. The lowest BCUT2D eigenvalue weighted by Gasteiger charge is -2.30. The monoisotopic (exact) mass is 682 g/mol. The summed E-state index contributed by atoms with van der Waals surface area (Å²) in [6.07, 6.45) is -3.04. The molecule has 0 spiro atoms. The van der Waals surface area contributed by atoms with Gasteiger partial charge in [-0.25, -0.2) is 14.5 Å². The predicted octanol–water partition coefficient (Wildman–Crippen LogP) is 7.36. The smallest absolute Gasteiger partial charge is 0.409 e. The van der Waals surface area contributed by atoms with E-state index in [1.54, 1.807) is 24.3 Å². The van der Waals surface area contributed by atoms with Gasteiger partial charge in [-0.05, 0) is 65.4 Å². The lowest BCUT2D eigenvalue weighted by molar-refractivity contribution is -0.461. The van der Waals surface area contributed by atoms with Crippen molar-refractivity contribution >= 4 is 50.3 Å². The van der Waals surface area contributed by atoms with Crippen molar-refractivity contribution in [2.24, 2.45) is 0 Å². The zero-order valence-electron chi connectivity index (χ0n) is 24.9. The first-order chi connectivity index (χ1) is 23.0. The Morgan fingerprint density at radius 1 is 0.979 bits per heavy atom. The number of ether oxygens (including phenoxy) is 2. The van der Waals surface area contributed by atoms with E-state index in [0.29, 0.717) is 22.7 Å². The number of urea groups is 1. The molecular formula is C31H26F4N8O4S. The molecule has 3 N–H and O–H groups in total.